The smallest absolute Gasteiger partial charge is 0.309 e. The van der Waals surface area contributed by atoms with Crippen molar-refractivity contribution in [3.8, 4) is 5.88 Å². The molecule has 0 radical (unpaired) electrons. The van der Waals surface area contributed by atoms with Gasteiger partial charge in [0.05, 0.1) is 5.69 Å². The fourth-order valence-corrected chi connectivity index (χ4v) is 1.69. The van der Waals surface area contributed by atoms with Gasteiger partial charge < -0.3 is 4.74 Å². The van der Waals surface area contributed by atoms with E-state index in [2.05, 4.69) is 37.7 Å². The third kappa shape index (κ3) is 4.82. The molecule has 0 bridgehead atoms. The molecule has 18 heavy (non-hydrogen) atoms. The van der Waals surface area contributed by atoms with Gasteiger partial charge >= 0.3 is 5.97 Å². The summed E-state index contributed by atoms with van der Waals surface area (Å²) in [4.78, 5) is 19.9. The second-order valence-electron chi connectivity index (χ2n) is 5.40. The van der Waals surface area contributed by atoms with E-state index in [1.165, 1.54) is 6.92 Å². The van der Waals surface area contributed by atoms with Crippen LogP contribution in [0.25, 0.3) is 0 Å². The standard InChI is InChI=1S/C14H22N2O2/c1-9(2)6-12-8-15-13(7-10(3)4)14(16-12)18-11(5)17/h8-10H,6-7H2,1-5H3. The number of hydrogen-bond donors (Lipinski definition) is 0. The molecule has 0 saturated heterocycles. The Morgan fingerprint density at radius 3 is 2.33 bits per heavy atom. The van der Waals surface area contributed by atoms with Crippen LogP contribution in [-0.2, 0) is 17.6 Å². The van der Waals surface area contributed by atoms with Crippen LogP contribution >= 0.6 is 0 Å². The van der Waals surface area contributed by atoms with Crippen molar-refractivity contribution in [3.63, 3.8) is 0 Å². The molecule has 0 aliphatic carbocycles. The molecule has 100 valence electrons. The van der Waals surface area contributed by atoms with Crippen LogP contribution in [0.4, 0.5) is 0 Å². The lowest BCUT2D eigenvalue weighted by Gasteiger charge is -2.11. The fourth-order valence-electron chi connectivity index (χ4n) is 1.69. The first-order valence-electron chi connectivity index (χ1n) is 6.41. The van der Waals surface area contributed by atoms with E-state index in [9.17, 15) is 4.79 Å². The number of nitrogens with zero attached hydrogens (tertiary/aromatic N) is 2. The van der Waals surface area contributed by atoms with Crippen LogP contribution < -0.4 is 4.74 Å². The Morgan fingerprint density at radius 1 is 1.22 bits per heavy atom. The van der Waals surface area contributed by atoms with Gasteiger partial charge in [-0.25, -0.2) is 4.98 Å². The molecule has 0 atom stereocenters. The van der Waals surface area contributed by atoms with Gasteiger partial charge in [-0.2, -0.15) is 0 Å². The van der Waals surface area contributed by atoms with Crippen LogP contribution in [0.2, 0.25) is 0 Å². The first kappa shape index (κ1) is 14.6. The van der Waals surface area contributed by atoms with E-state index in [-0.39, 0.29) is 5.97 Å². The van der Waals surface area contributed by atoms with Crippen molar-refractivity contribution in [2.24, 2.45) is 11.8 Å². The van der Waals surface area contributed by atoms with Crippen molar-refractivity contribution in [2.45, 2.75) is 47.5 Å². The number of rotatable bonds is 5. The van der Waals surface area contributed by atoms with E-state index in [0.29, 0.717) is 17.7 Å². The number of carbonyl (C=O) groups excluding carboxylic acids is 1. The molecule has 0 saturated carbocycles. The molecule has 4 heteroatoms. The molecule has 0 amide bonds. The zero-order valence-electron chi connectivity index (χ0n) is 11.9. The minimum absolute atomic E-state index is 0.351. The summed E-state index contributed by atoms with van der Waals surface area (Å²) < 4.78 is 5.16. The summed E-state index contributed by atoms with van der Waals surface area (Å²) >= 11 is 0. The van der Waals surface area contributed by atoms with Crippen molar-refractivity contribution in [3.05, 3.63) is 17.6 Å². The van der Waals surface area contributed by atoms with Crippen molar-refractivity contribution in [2.75, 3.05) is 0 Å². The van der Waals surface area contributed by atoms with Gasteiger partial charge in [-0.15, -0.1) is 0 Å². The van der Waals surface area contributed by atoms with E-state index in [0.717, 1.165) is 24.2 Å². The van der Waals surface area contributed by atoms with E-state index >= 15 is 0 Å². The molecule has 1 aromatic rings. The maximum Gasteiger partial charge on any atom is 0.309 e. The Kier molecular flexibility index (Phi) is 5.25. The van der Waals surface area contributed by atoms with Gasteiger partial charge in [0.1, 0.15) is 5.69 Å². The largest absolute Gasteiger partial charge is 0.406 e. The maximum absolute atomic E-state index is 11.1. The number of carbonyl (C=O) groups is 1. The molecule has 0 aliphatic rings. The molecule has 0 aliphatic heterocycles. The topological polar surface area (TPSA) is 52.1 Å². The highest BCUT2D eigenvalue weighted by molar-refractivity contribution is 5.68. The quantitative estimate of drug-likeness (QED) is 0.754. The second-order valence-corrected chi connectivity index (χ2v) is 5.40. The lowest BCUT2D eigenvalue weighted by molar-refractivity contribution is -0.132. The van der Waals surface area contributed by atoms with Gasteiger partial charge in [0.15, 0.2) is 0 Å². The highest BCUT2D eigenvalue weighted by Crippen LogP contribution is 2.18. The third-order valence-corrected chi connectivity index (χ3v) is 2.32. The molecule has 4 nitrogen and oxygen atoms in total. The van der Waals surface area contributed by atoms with Gasteiger partial charge in [-0.05, 0) is 24.7 Å². The van der Waals surface area contributed by atoms with Gasteiger partial charge in [0, 0.05) is 13.1 Å². The monoisotopic (exact) mass is 250 g/mol. The normalized spacial score (nSPS) is 11.1. The van der Waals surface area contributed by atoms with Gasteiger partial charge in [-0.1, -0.05) is 27.7 Å². The summed E-state index contributed by atoms with van der Waals surface area (Å²) in [6, 6.07) is 0. The molecule has 1 rings (SSSR count). The summed E-state index contributed by atoms with van der Waals surface area (Å²) in [5, 5.41) is 0. The SMILES string of the molecule is CC(=O)Oc1nc(CC(C)C)cnc1CC(C)C. The molecule has 0 aromatic carbocycles. The Morgan fingerprint density at radius 2 is 1.83 bits per heavy atom. The average Bonchev–Trinajstić information content (AvgIpc) is 2.19. The van der Waals surface area contributed by atoms with Crippen LogP contribution in [-0.4, -0.2) is 15.9 Å². The van der Waals surface area contributed by atoms with Gasteiger partial charge in [-0.3, -0.25) is 9.78 Å². The lowest BCUT2D eigenvalue weighted by Crippen LogP contribution is -2.11. The van der Waals surface area contributed by atoms with E-state index in [1.54, 1.807) is 6.20 Å². The molecule has 1 heterocycles. The lowest BCUT2D eigenvalue weighted by atomic mass is 10.1. The number of aromatic nitrogens is 2. The minimum Gasteiger partial charge on any atom is -0.406 e. The Hall–Kier alpha value is -1.45. The minimum atomic E-state index is -0.351. The summed E-state index contributed by atoms with van der Waals surface area (Å²) in [5.74, 6) is 0.968. The van der Waals surface area contributed by atoms with Crippen LogP contribution in [0.15, 0.2) is 6.20 Å². The zero-order valence-corrected chi connectivity index (χ0v) is 11.9. The molecular formula is C14H22N2O2. The Labute approximate surface area is 109 Å². The van der Waals surface area contributed by atoms with E-state index in [1.807, 2.05) is 0 Å². The predicted molar refractivity (Wildman–Crippen MR) is 70.4 cm³/mol. The van der Waals surface area contributed by atoms with E-state index in [4.69, 9.17) is 4.74 Å². The van der Waals surface area contributed by atoms with Gasteiger partial charge in [0.2, 0.25) is 5.88 Å². The maximum atomic E-state index is 11.1. The van der Waals surface area contributed by atoms with Crippen molar-refractivity contribution in [1.29, 1.82) is 0 Å². The highest BCUT2D eigenvalue weighted by atomic mass is 16.5. The predicted octanol–water partition coefficient (Wildman–Crippen LogP) is 2.80. The van der Waals surface area contributed by atoms with Crippen LogP contribution in [0, 0.1) is 11.8 Å². The van der Waals surface area contributed by atoms with Crippen molar-refractivity contribution >= 4 is 5.97 Å². The van der Waals surface area contributed by atoms with Crippen LogP contribution in [0.3, 0.4) is 0 Å². The van der Waals surface area contributed by atoms with E-state index < -0.39 is 0 Å². The summed E-state index contributed by atoms with van der Waals surface area (Å²) in [6.07, 6.45) is 3.38. The third-order valence-electron chi connectivity index (χ3n) is 2.32. The van der Waals surface area contributed by atoms with Crippen molar-refractivity contribution in [1.82, 2.24) is 9.97 Å². The number of hydrogen-bond acceptors (Lipinski definition) is 4. The molecule has 0 fully saturated rings. The van der Waals surface area contributed by atoms with Crippen molar-refractivity contribution < 1.29 is 9.53 Å². The van der Waals surface area contributed by atoms with Crippen LogP contribution in [0.1, 0.15) is 46.0 Å². The van der Waals surface area contributed by atoms with Gasteiger partial charge in [0.25, 0.3) is 0 Å². The summed E-state index contributed by atoms with van der Waals surface area (Å²) in [6.45, 7) is 9.82. The Bertz CT molecular complexity index is 414. The molecule has 0 N–H and O–H groups in total. The molecule has 1 aromatic heterocycles. The molecular weight excluding hydrogens is 228 g/mol. The number of ether oxygens (including phenoxy) is 1. The number of esters is 1. The fraction of sp³-hybridized carbons (Fsp3) is 0.643. The zero-order chi connectivity index (χ0) is 13.7. The second kappa shape index (κ2) is 6.47. The summed E-state index contributed by atoms with van der Waals surface area (Å²) in [5.41, 5.74) is 1.63. The highest BCUT2D eigenvalue weighted by Gasteiger charge is 2.13. The van der Waals surface area contributed by atoms with Crippen LogP contribution in [0.5, 0.6) is 5.88 Å². The molecule has 0 spiro atoms. The first-order chi connectivity index (χ1) is 8.38. The summed E-state index contributed by atoms with van der Waals surface area (Å²) in [7, 11) is 0. The Balaban J connectivity index is 2.99. The molecule has 0 unspecified atom stereocenters. The average molecular weight is 250 g/mol. The first-order valence-corrected chi connectivity index (χ1v) is 6.41.